The van der Waals surface area contributed by atoms with Crippen LogP contribution in [0.3, 0.4) is 0 Å². The molecule has 0 fully saturated rings. The van der Waals surface area contributed by atoms with E-state index in [0.717, 1.165) is 36.8 Å². The molecule has 0 aliphatic rings. The van der Waals surface area contributed by atoms with Crippen LogP contribution < -0.4 is 10.6 Å². The summed E-state index contributed by atoms with van der Waals surface area (Å²) in [5.74, 6) is 2.27. The van der Waals surface area contributed by atoms with Gasteiger partial charge in [-0.15, -0.1) is 0 Å². The monoisotopic (exact) mass is 319 g/mol. The first kappa shape index (κ1) is 16.5. The summed E-state index contributed by atoms with van der Waals surface area (Å²) >= 11 is 6.16. The Balaban J connectivity index is 2.02. The van der Waals surface area contributed by atoms with Crippen LogP contribution in [-0.2, 0) is 0 Å². The number of hydrogen-bond donors (Lipinski definition) is 2. The SMILES string of the molecule is Cc1nc(NCCCN(C)C)cc(Nc2ccccc2Cl)n1. The average Bonchev–Trinajstić information content (AvgIpc) is 2.45. The molecule has 118 valence electrons. The van der Waals surface area contributed by atoms with Crippen LogP contribution in [-0.4, -0.2) is 42.1 Å². The maximum Gasteiger partial charge on any atom is 0.136 e. The van der Waals surface area contributed by atoms with E-state index in [2.05, 4.69) is 39.6 Å². The molecule has 0 unspecified atom stereocenters. The first-order valence-corrected chi connectivity index (χ1v) is 7.68. The van der Waals surface area contributed by atoms with Crippen molar-refractivity contribution in [3.8, 4) is 0 Å². The lowest BCUT2D eigenvalue weighted by molar-refractivity contribution is 0.405. The van der Waals surface area contributed by atoms with Crippen LogP contribution in [0.4, 0.5) is 17.3 Å². The third kappa shape index (κ3) is 5.16. The van der Waals surface area contributed by atoms with Crippen molar-refractivity contribution in [1.29, 1.82) is 0 Å². The van der Waals surface area contributed by atoms with Gasteiger partial charge in [0.25, 0.3) is 0 Å². The van der Waals surface area contributed by atoms with Crippen LogP contribution in [0.2, 0.25) is 5.02 Å². The molecule has 0 aliphatic carbocycles. The van der Waals surface area contributed by atoms with Gasteiger partial charge in [0.2, 0.25) is 0 Å². The topological polar surface area (TPSA) is 53.1 Å². The highest BCUT2D eigenvalue weighted by molar-refractivity contribution is 6.33. The van der Waals surface area contributed by atoms with Crippen molar-refractivity contribution in [2.24, 2.45) is 0 Å². The van der Waals surface area contributed by atoms with Gasteiger partial charge in [0.05, 0.1) is 10.7 Å². The van der Waals surface area contributed by atoms with Crippen LogP contribution in [0.25, 0.3) is 0 Å². The molecule has 6 heteroatoms. The van der Waals surface area contributed by atoms with Crippen molar-refractivity contribution in [3.05, 3.63) is 41.2 Å². The second-order valence-electron chi connectivity index (χ2n) is 5.37. The predicted octanol–water partition coefficient (Wildman–Crippen LogP) is 3.55. The molecular formula is C16H22ClN5. The highest BCUT2D eigenvalue weighted by atomic mass is 35.5. The molecule has 0 aliphatic heterocycles. The zero-order valence-corrected chi connectivity index (χ0v) is 14.0. The van der Waals surface area contributed by atoms with Crippen molar-refractivity contribution in [3.63, 3.8) is 0 Å². The second kappa shape index (κ2) is 7.96. The molecular weight excluding hydrogens is 298 g/mol. The van der Waals surface area contributed by atoms with Crippen LogP contribution in [0.1, 0.15) is 12.2 Å². The molecule has 1 aromatic carbocycles. The van der Waals surface area contributed by atoms with Crippen LogP contribution in [0.5, 0.6) is 0 Å². The Morgan fingerprint density at radius 2 is 1.86 bits per heavy atom. The fourth-order valence-corrected chi connectivity index (χ4v) is 2.22. The van der Waals surface area contributed by atoms with Gasteiger partial charge in [-0.2, -0.15) is 0 Å². The fraction of sp³-hybridized carbons (Fsp3) is 0.375. The van der Waals surface area contributed by atoms with Gasteiger partial charge in [-0.3, -0.25) is 0 Å². The average molecular weight is 320 g/mol. The zero-order chi connectivity index (χ0) is 15.9. The highest BCUT2D eigenvalue weighted by Crippen LogP contribution is 2.24. The fourth-order valence-electron chi connectivity index (χ4n) is 2.03. The van der Waals surface area contributed by atoms with Gasteiger partial charge in [-0.25, -0.2) is 9.97 Å². The number of rotatable bonds is 7. The quantitative estimate of drug-likeness (QED) is 0.764. The number of para-hydroxylation sites is 1. The van der Waals surface area contributed by atoms with E-state index in [9.17, 15) is 0 Å². The van der Waals surface area contributed by atoms with E-state index in [4.69, 9.17) is 11.6 Å². The Hall–Kier alpha value is -1.85. The Morgan fingerprint density at radius 3 is 2.59 bits per heavy atom. The van der Waals surface area contributed by atoms with E-state index in [-0.39, 0.29) is 0 Å². The van der Waals surface area contributed by atoms with Crippen LogP contribution in [0.15, 0.2) is 30.3 Å². The third-order valence-corrected chi connectivity index (χ3v) is 3.39. The summed E-state index contributed by atoms with van der Waals surface area (Å²) in [6, 6.07) is 9.49. The number of aryl methyl sites for hydroxylation is 1. The molecule has 0 bridgehead atoms. The van der Waals surface area contributed by atoms with Gasteiger partial charge < -0.3 is 15.5 Å². The Kier molecular flexibility index (Phi) is 5.98. The van der Waals surface area contributed by atoms with Gasteiger partial charge >= 0.3 is 0 Å². The molecule has 0 saturated heterocycles. The van der Waals surface area contributed by atoms with E-state index in [1.54, 1.807) is 0 Å². The number of nitrogens with one attached hydrogen (secondary N) is 2. The number of nitrogens with zero attached hydrogens (tertiary/aromatic N) is 3. The zero-order valence-electron chi connectivity index (χ0n) is 13.2. The smallest absolute Gasteiger partial charge is 0.136 e. The highest BCUT2D eigenvalue weighted by Gasteiger charge is 2.04. The van der Waals surface area contributed by atoms with E-state index in [0.29, 0.717) is 10.8 Å². The number of hydrogen-bond acceptors (Lipinski definition) is 5. The van der Waals surface area contributed by atoms with Crippen LogP contribution in [0, 0.1) is 6.92 Å². The largest absolute Gasteiger partial charge is 0.370 e. The number of anilines is 3. The summed E-state index contributed by atoms with van der Waals surface area (Å²) in [6.45, 7) is 3.80. The lowest BCUT2D eigenvalue weighted by Crippen LogP contribution is -2.16. The molecule has 2 rings (SSSR count). The lowest BCUT2D eigenvalue weighted by atomic mass is 10.3. The van der Waals surface area contributed by atoms with Gasteiger partial charge in [0.15, 0.2) is 0 Å². The molecule has 1 aromatic heterocycles. The van der Waals surface area contributed by atoms with E-state index in [1.807, 2.05) is 37.3 Å². The predicted molar refractivity (Wildman–Crippen MR) is 93.2 cm³/mol. The Bertz CT molecular complexity index is 615. The third-order valence-electron chi connectivity index (χ3n) is 3.06. The van der Waals surface area contributed by atoms with Gasteiger partial charge in [0, 0.05) is 12.6 Å². The van der Waals surface area contributed by atoms with Crippen molar-refractivity contribution < 1.29 is 0 Å². The Morgan fingerprint density at radius 1 is 1.14 bits per heavy atom. The first-order valence-electron chi connectivity index (χ1n) is 7.30. The van der Waals surface area contributed by atoms with Crippen molar-refractivity contribution in [2.75, 3.05) is 37.8 Å². The van der Waals surface area contributed by atoms with E-state index >= 15 is 0 Å². The molecule has 5 nitrogen and oxygen atoms in total. The van der Waals surface area contributed by atoms with Gasteiger partial charge in [-0.1, -0.05) is 23.7 Å². The van der Waals surface area contributed by atoms with E-state index < -0.39 is 0 Å². The number of benzene rings is 1. The minimum atomic E-state index is 0.666. The summed E-state index contributed by atoms with van der Waals surface area (Å²) in [4.78, 5) is 11.0. The number of halogens is 1. The molecule has 2 aromatic rings. The lowest BCUT2D eigenvalue weighted by Gasteiger charge is -2.12. The van der Waals surface area contributed by atoms with Gasteiger partial charge in [0.1, 0.15) is 17.5 Å². The standard InChI is InChI=1S/C16H22ClN5/c1-12-19-15(18-9-6-10-22(2)3)11-16(20-12)21-14-8-5-4-7-13(14)17/h4-5,7-8,11H,6,9-10H2,1-3H3,(H2,18,19,20,21). The van der Waals surface area contributed by atoms with Gasteiger partial charge in [-0.05, 0) is 46.1 Å². The first-order chi connectivity index (χ1) is 10.5. The van der Waals surface area contributed by atoms with E-state index in [1.165, 1.54) is 0 Å². The van der Waals surface area contributed by atoms with Crippen molar-refractivity contribution in [2.45, 2.75) is 13.3 Å². The maximum absolute atomic E-state index is 6.16. The molecule has 1 heterocycles. The van der Waals surface area contributed by atoms with Crippen LogP contribution >= 0.6 is 11.6 Å². The Labute approximate surface area is 136 Å². The molecule has 22 heavy (non-hydrogen) atoms. The summed E-state index contributed by atoms with van der Waals surface area (Å²) < 4.78 is 0. The summed E-state index contributed by atoms with van der Waals surface area (Å²) in [5, 5.41) is 7.23. The second-order valence-corrected chi connectivity index (χ2v) is 5.78. The van der Waals surface area contributed by atoms with Crippen molar-refractivity contribution in [1.82, 2.24) is 14.9 Å². The molecule has 0 atom stereocenters. The molecule has 2 N–H and O–H groups in total. The maximum atomic E-state index is 6.16. The summed E-state index contributed by atoms with van der Waals surface area (Å²) in [5.41, 5.74) is 0.834. The summed E-state index contributed by atoms with van der Waals surface area (Å²) in [6.07, 6.45) is 1.06. The molecule has 0 saturated carbocycles. The molecule has 0 radical (unpaired) electrons. The number of aromatic nitrogens is 2. The van der Waals surface area contributed by atoms with Crippen molar-refractivity contribution >= 4 is 28.9 Å². The normalized spacial score (nSPS) is 10.8. The molecule has 0 spiro atoms. The molecule has 0 amide bonds. The summed E-state index contributed by atoms with van der Waals surface area (Å²) in [7, 11) is 4.14. The minimum Gasteiger partial charge on any atom is -0.370 e. The minimum absolute atomic E-state index is 0.666.